The van der Waals surface area contributed by atoms with E-state index < -0.39 is 5.97 Å². The molecule has 1 N–H and O–H groups in total. The van der Waals surface area contributed by atoms with Crippen molar-refractivity contribution < 1.29 is 14.3 Å². The van der Waals surface area contributed by atoms with Crippen molar-refractivity contribution in [2.75, 3.05) is 35.7 Å². The predicted octanol–water partition coefficient (Wildman–Crippen LogP) is 5.03. The Morgan fingerprint density at radius 2 is 1.94 bits per heavy atom. The van der Waals surface area contributed by atoms with Crippen LogP contribution in [0.25, 0.3) is 5.00 Å². The second kappa shape index (κ2) is 9.65. The number of esters is 1. The van der Waals surface area contributed by atoms with Crippen molar-refractivity contribution in [2.24, 2.45) is 0 Å². The van der Waals surface area contributed by atoms with Gasteiger partial charge in [-0.05, 0) is 73.4 Å². The summed E-state index contributed by atoms with van der Waals surface area (Å²) in [6, 6.07) is 9.95. The normalized spacial score (nSPS) is 15.4. The van der Waals surface area contributed by atoms with Crippen molar-refractivity contribution in [3.63, 3.8) is 0 Å². The largest absolute Gasteiger partial charge is 0.452 e. The Bertz CT molecular complexity index is 1160. The molecule has 2 aliphatic heterocycles. The predicted molar refractivity (Wildman–Crippen MR) is 135 cm³/mol. The van der Waals surface area contributed by atoms with E-state index in [4.69, 9.17) is 4.74 Å². The Morgan fingerprint density at radius 1 is 1.15 bits per heavy atom. The number of aromatic nitrogens is 1. The van der Waals surface area contributed by atoms with Crippen LogP contribution in [-0.4, -0.2) is 41.9 Å². The number of carbonyl (C=O) groups is 2. The summed E-state index contributed by atoms with van der Waals surface area (Å²) in [6.07, 6.45) is 7.16. The lowest BCUT2D eigenvalue weighted by atomic mass is 10.1. The second-order valence-electron chi connectivity index (χ2n) is 8.39. The van der Waals surface area contributed by atoms with Gasteiger partial charge >= 0.3 is 5.97 Å². The van der Waals surface area contributed by atoms with Gasteiger partial charge in [0.25, 0.3) is 5.91 Å². The molecule has 1 aromatic carbocycles. The topological polar surface area (TPSA) is 63.6 Å². The number of carbonyl (C=O) groups excluding carboxylic acids is 2. The van der Waals surface area contributed by atoms with Crippen molar-refractivity contribution in [1.29, 1.82) is 0 Å². The molecule has 0 radical (unpaired) electrons. The van der Waals surface area contributed by atoms with Gasteiger partial charge in [-0.1, -0.05) is 0 Å². The fraction of sp³-hybridized carbons (Fsp3) is 0.360. The molecular formula is C25H27N3O3S2. The molecule has 33 heavy (non-hydrogen) atoms. The average Bonchev–Trinajstić information content (AvgIpc) is 3.59. The maximum atomic E-state index is 13.1. The van der Waals surface area contributed by atoms with Gasteiger partial charge in [0.1, 0.15) is 5.00 Å². The maximum absolute atomic E-state index is 13.1. The molecule has 0 unspecified atom stereocenters. The average molecular weight is 482 g/mol. The third-order valence-corrected chi connectivity index (χ3v) is 8.55. The Balaban J connectivity index is 1.26. The zero-order chi connectivity index (χ0) is 22.8. The van der Waals surface area contributed by atoms with Crippen LogP contribution in [0.1, 0.15) is 39.2 Å². The standard InChI is InChI=1S/C25H27N3O3S2/c1-17-14-18(27-9-2-3-10-27)6-7-20(17)26-22(29)15-31-25(30)23-19-8-13-32-16-21(19)33-24(23)28-11-4-5-12-28/h4-7,11-12,14H,2-3,8-10,13,15-16H2,1H3,(H,26,29). The minimum absolute atomic E-state index is 0.309. The number of hydrogen-bond acceptors (Lipinski definition) is 6. The number of rotatable bonds is 6. The minimum atomic E-state index is -0.431. The number of aryl methyl sites for hydroxylation is 1. The van der Waals surface area contributed by atoms with E-state index in [2.05, 4.69) is 16.3 Å². The Kier molecular flexibility index (Phi) is 6.46. The number of ether oxygens (including phenoxy) is 1. The third-order valence-electron chi connectivity index (χ3n) is 6.13. The number of anilines is 2. The van der Waals surface area contributed by atoms with Crippen LogP contribution >= 0.6 is 23.1 Å². The van der Waals surface area contributed by atoms with Crippen LogP contribution in [0.2, 0.25) is 0 Å². The summed E-state index contributed by atoms with van der Waals surface area (Å²) in [4.78, 5) is 29.3. The van der Waals surface area contributed by atoms with E-state index in [0.717, 1.165) is 52.8 Å². The van der Waals surface area contributed by atoms with Gasteiger partial charge in [0.05, 0.1) is 5.56 Å². The van der Waals surface area contributed by atoms with Crippen molar-refractivity contribution in [3.05, 3.63) is 64.3 Å². The number of benzene rings is 1. The van der Waals surface area contributed by atoms with Gasteiger partial charge in [0.2, 0.25) is 0 Å². The quantitative estimate of drug-likeness (QED) is 0.500. The molecule has 8 heteroatoms. The summed E-state index contributed by atoms with van der Waals surface area (Å²) in [5.74, 6) is 1.14. The highest BCUT2D eigenvalue weighted by Crippen LogP contribution is 2.38. The lowest BCUT2D eigenvalue weighted by molar-refractivity contribution is -0.119. The lowest BCUT2D eigenvalue weighted by Gasteiger charge is -2.19. The molecule has 1 amide bonds. The van der Waals surface area contributed by atoms with Crippen LogP contribution in [-0.2, 0) is 21.7 Å². The van der Waals surface area contributed by atoms with E-state index in [1.165, 1.54) is 23.4 Å². The first-order valence-electron chi connectivity index (χ1n) is 11.3. The lowest BCUT2D eigenvalue weighted by Crippen LogP contribution is -2.22. The Labute approximate surface area is 201 Å². The van der Waals surface area contributed by atoms with Crippen LogP contribution in [0.15, 0.2) is 42.7 Å². The fourth-order valence-electron chi connectivity index (χ4n) is 4.43. The van der Waals surface area contributed by atoms with Crippen LogP contribution < -0.4 is 10.2 Å². The van der Waals surface area contributed by atoms with Crippen LogP contribution in [0, 0.1) is 6.92 Å². The highest BCUT2D eigenvalue weighted by Gasteiger charge is 2.28. The summed E-state index contributed by atoms with van der Waals surface area (Å²) in [7, 11) is 0. The third kappa shape index (κ3) is 4.68. The number of amides is 1. The molecular weight excluding hydrogens is 454 g/mol. The van der Waals surface area contributed by atoms with Gasteiger partial charge in [-0.25, -0.2) is 4.79 Å². The van der Waals surface area contributed by atoms with Crippen molar-refractivity contribution in [2.45, 2.75) is 31.9 Å². The summed E-state index contributed by atoms with van der Waals surface area (Å²) >= 11 is 3.52. The summed E-state index contributed by atoms with van der Waals surface area (Å²) in [5, 5.41) is 3.76. The number of fused-ring (bicyclic) bond motifs is 1. The van der Waals surface area contributed by atoms with Gasteiger partial charge in [-0.15, -0.1) is 11.3 Å². The zero-order valence-corrected chi connectivity index (χ0v) is 20.3. The minimum Gasteiger partial charge on any atom is -0.452 e. The molecule has 0 spiro atoms. The van der Waals surface area contributed by atoms with Gasteiger partial charge in [-0.2, -0.15) is 11.8 Å². The number of thioether (sulfide) groups is 1. The van der Waals surface area contributed by atoms with E-state index in [1.54, 1.807) is 11.3 Å². The highest BCUT2D eigenvalue weighted by molar-refractivity contribution is 7.98. The number of nitrogens with one attached hydrogen (secondary N) is 1. The van der Waals surface area contributed by atoms with Crippen LogP contribution in [0.4, 0.5) is 11.4 Å². The van der Waals surface area contributed by atoms with Gasteiger partial charge in [-0.3, -0.25) is 4.79 Å². The molecule has 3 aromatic rings. The fourth-order valence-corrected chi connectivity index (χ4v) is 6.86. The van der Waals surface area contributed by atoms with E-state index in [-0.39, 0.29) is 12.5 Å². The highest BCUT2D eigenvalue weighted by atomic mass is 32.2. The molecule has 1 saturated heterocycles. The van der Waals surface area contributed by atoms with E-state index in [0.29, 0.717) is 5.56 Å². The smallest absolute Gasteiger partial charge is 0.341 e. The van der Waals surface area contributed by atoms with Crippen molar-refractivity contribution >= 4 is 46.3 Å². The Hall–Kier alpha value is -2.71. The maximum Gasteiger partial charge on any atom is 0.341 e. The molecule has 0 bridgehead atoms. The van der Waals surface area contributed by atoms with E-state index in [1.807, 2.05) is 59.9 Å². The molecule has 0 atom stereocenters. The van der Waals surface area contributed by atoms with Crippen LogP contribution in [0.5, 0.6) is 0 Å². The number of nitrogens with zero attached hydrogens (tertiary/aromatic N) is 2. The van der Waals surface area contributed by atoms with Crippen molar-refractivity contribution in [1.82, 2.24) is 4.57 Å². The number of thiophene rings is 1. The molecule has 2 aliphatic rings. The first-order valence-corrected chi connectivity index (χ1v) is 13.3. The molecule has 172 valence electrons. The first-order chi connectivity index (χ1) is 16.1. The Morgan fingerprint density at radius 3 is 2.70 bits per heavy atom. The SMILES string of the molecule is Cc1cc(N2CCCC2)ccc1NC(=O)COC(=O)c1c(-n2cccc2)sc2c1CCSC2. The monoisotopic (exact) mass is 481 g/mol. The summed E-state index contributed by atoms with van der Waals surface area (Å²) < 4.78 is 7.45. The van der Waals surface area contributed by atoms with Gasteiger partial charge < -0.3 is 19.5 Å². The van der Waals surface area contributed by atoms with Gasteiger partial charge in [0, 0.05) is 47.5 Å². The molecule has 1 fully saturated rings. The van der Waals surface area contributed by atoms with Gasteiger partial charge in [0.15, 0.2) is 6.61 Å². The van der Waals surface area contributed by atoms with Crippen LogP contribution in [0.3, 0.4) is 0 Å². The summed E-state index contributed by atoms with van der Waals surface area (Å²) in [6.45, 7) is 3.84. The molecule has 0 saturated carbocycles. The van der Waals surface area contributed by atoms with Crippen molar-refractivity contribution in [3.8, 4) is 5.00 Å². The molecule has 5 rings (SSSR count). The molecule has 0 aliphatic carbocycles. The van der Waals surface area contributed by atoms with E-state index >= 15 is 0 Å². The summed E-state index contributed by atoms with van der Waals surface area (Å²) in [5.41, 5.74) is 4.61. The first kappa shape index (κ1) is 22.1. The molecule has 2 aromatic heterocycles. The zero-order valence-electron chi connectivity index (χ0n) is 18.6. The molecule has 4 heterocycles. The molecule has 6 nitrogen and oxygen atoms in total. The number of hydrogen-bond donors (Lipinski definition) is 1. The second-order valence-corrected chi connectivity index (χ2v) is 10.6. The van der Waals surface area contributed by atoms with E-state index in [9.17, 15) is 9.59 Å².